The minimum Gasteiger partial charge on any atom is -0.229 e. The zero-order valence-corrected chi connectivity index (χ0v) is 16.9. The molecule has 1 aromatic rings. The summed E-state index contributed by atoms with van der Waals surface area (Å²) >= 11 is 0. The molecule has 7 heteroatoms. The first-order valence-electron chi connectivity index (χ1n) is 8.97. The molecule has 1 aliphatic rings. The summed E-state index contributed by atoms with van der Waals surface area (Å²) in [6.07, 6.45) is 2.70. The van der Waals surface area contributed by atoms with Gasteiger partial charge in [-0.25, -0.2) is 16.8 Å². The first kappa shape index (κ1) is 20.4. The molecule has 2 rings (SSSR count). The van der Waals surface area contributed by atoms with E-state index in [4.69, 9.17) is 0 Å². The lowest BCUT2D eigenvalue weighted by atomic mass is 10.1. The van der Waals surface area contributed by atoms with Crippen LogP contribution in [0.15, 0.2) is 29.2 Å². The maximum Gasteiger partial charge on any atom is 0.243 e. The van der Waals surface area contributed by atoms with Gasteiger partial charge in [0.1, 0.15) is 0 Å². The van der Waals surface area contributed by atoms with Gasteiger partial charge in [-0.05, 0) is 42.9 Å². The molecule has 1 heterocycles. The van der Waals surface area contributed by atoms with Gasteiger partial charge < -0.3 is 0 Å². The van der Waals surface area contributed by atoms with Crippen molar-refractivity contribution in [2.75, 3.05) is 18.8 Å². The Morgan fingerprint density at radius 1 is 1.04 bits per heavy atom. The maximum atomic E-state index is 12.8. The predicted molar refractivity (Wildman–Crippen MR) is 101 cm³/mol. The number of benzene rings is 1. The molecule has 1 fully saturated rings. The van der Waals surface area contributed by atoms with Crippen LogP contribution in [0.2, 0.25) is 0 Å². The van der Waals surface area contributed by atoms with Crippen molar-refractivity contribution < 1.29 is 16.8 Å². The molecule has 0 aromatic heterocycles. The molecular weight excluding hydrogens is 358 g/mol. The second-order valence-corrected chi connectivity index (χ2v) is 11.5. The molecule has 0 radical (unpaired) electrons. The number of aryl methyl sites for hydroxylation is 1. The summed E-state index contributed by atoms with van der Waals surface area (Å²) in [5, 5.41) is -0.423. The molecular formula is C18H29NO4S2. The molecule has 0 aliphatic carbocycles. The third-order valence-corrected chi connectivity index (χ3v) is 9.11. The smallest absolute Gasteiger partial charge is 0.229 e. The number of hydrogen-bond acceptors (Lipinski definition) is 4. The van der Waals surface area contributed by atoms with E-state index in [0.29, 0.717) is 12.8 Å². The van der Waals surface area contributed by atoms with Crippen LogP contribution in [-0.4, -0.2) is 45.2 Å². The summed E-state index contributed by atoms with van der Waals surface area (Å²) in [6, 6.07) is 7.02. The normalized spacial score (nSPS) is 17.9. The van der Waals surface area contributed by atoms with E-state index in [1.165, 1.54) is 4.31 Å². The van der Waals surface area contributed by atoms with Gasteiger partial charge >= 0.3 is 0 Å². The second-order valence-electron chi connectivity index (χ2n) is 7.22. The molecule has 25 heavy (non-hydrogen) atoms. The van der Waals surface area contributed by atoms with Crippen LogP contribution in [0.3, 0.4) is 0 Å². The van der Waals surface area contributed by atoms with Crippen molar-refractivity contribution in [3.8, 4) is 0 Å². The molecule has 5 nitrogen and oxygen atoms in total. The average Bonchev–Trinajstić information content (AvgIpc) is 2.55. The number of sulfonamides is 1. The highest BCUT2D eigenvalue weighted by molar-refractivity contribution is 7.92. The third kappa shape index (κ3) is 5.05. The summed E-state index contributed by atoms with van der Waals surface area (Å²) in [5.74, 6) is 0.261. The quantitative estimate of drug-likeness (QED) is 0.721. The molecule has 0 spiro atoms. The lowest BCUT2D eigenvalue weighted by Gasteiger charge is -2.31. The fourth-order valence-electron chi connectivity index (χ4n) is 3.30. The number of hydrogen-bond donors (Lipinski definition) is 0. The standard InChI is InChI=1S/C18H29NO4S2/c1-4-5-16-6-8-18(9-7-16)25(22,23)19-12-10-17(11-13-19)24(20,21)14-15(2)3/h6-9,15,17H,4-5,10-14H2,1-3H3. The van der Waals surface area contributed by atoms with Gasteiger partial charge in [-0.3, -0.25) is 0 Å². The molecule has 0 saturated carbocycles. The van der Waals surface area contributed by atoms with Gasteiger partial charge in [0.25, 0.3) is 0 Å². The van der Waals surface area contributed by atoms with E-state index in [2.05, 4.69) is 6.92 Å². The van der Waals surface area contributed by atoms with Gasteiger partial charge in [-0.2, -0.15) is 4.31 Å². The highest BCUT2D eigenvalue weighted by Gasteiger charge is 2.35. The molecule has 0 bridgehead atoms. The minimum atomic E-state index is -3.55. The Morgan fingerprint density at radius 2 is 1.60 bits per heavy atom. The Morgan fingerprint density at radius 3 is 2.08 bits per heavy atom. The Kier molecular flexibility index (Phi) is 6.68. The van der Waals surface area contributed by atoms with E-state index >= 15 is 0 Å². The van der Waals surface area contributed by atoms with Gasteiger partial charge in [0.05, 0.1) is 15.9 Å². The second kappa shape index (κ2) is 8.18. The Hall–Kier alpha value is -0.920. The highest BCUT2D eigenvalue weighted by atomic mass is 32.2. The van der Waals surface area contributed by atoms with Gasteiger partial charge in [-0.15, -0.1) is 0 Å². The summed E-state index contributed by atoms with van der Waals surface area (Å²) in [4.78, 5) is 0.288. The molecule has 1 saturated heterocycles. The topological polar surface area (TPSA) is 71.5 Å². The van der Waals surface area contributed by atoms with E-state index in [-0.39, 0.29) is 29.7 Å². The largest absolute Gasteiger partial charge is 0.243 e. The molecule has 1 aliphatic heterocycles. The first-order valence-corrected chi connectivity index (χ1v) is 12.1. The zero-order valence-electron chi connectivity index (χ0n) is 15.3. The van der Waals surface area contributed by atoms with Crippen molar-refractivity contribution in [1.29, 1.82) is 0 Å². The van der Waals surface area contributed by atoms with Crippen LogP contribution < -0.4 is 0 Å². The summed E-state index contributed by atoms with van der Waals surface area (Å²) in [6.45, 7) is 6.39. The van der Waals surface area contributed by atoms with Crippen LogP contribution >= 0.6 is 0 Å². The molecule has 0 unspecified atom stereocenters. The summed E-state index contributed by atoms with van der Waals surface area (Å²) < 4.78 is 51.7. The number of rotatable bonds is 7. The van der Waals surface area contributed by atoms with Crippen molar-refractivity contribution in [2.45, 2.75) is 56.6 Å². The Balaban J connectivity index is 2.06. The fourth-order valence-corrected chi connectivity index (χ4v) is 6.90. The molecule has 0 atom stereocenters. The van der Waals surface area contributed by atoms with Crippen molar-refractivity contribution in [3.63, 3.8) is 0 Å². The predicted octanol–water partition coefficient (Wildman–Crippen LogP) is 2.86. The average molecular weight is 388 g/mol. The lowest BCUT2D eigenvalue weighted by Crippen LogP contribution is -2.43. The van der Waals surface area contributed by atoms with E-state index in [0.717, 1.165) is 18.4 Å². The van der Waals surface area contributed by atoms with E-state index in [1.807, 2.05) is 26.0 Å². The van der Waals surface area contributed by atoms with Crippen LogP contribution in [0, 0.1) is 5.92 Å². The number of piperidine rings is 1. The van der Waals surface area contributed by atoms with Crippen LogP contribution in [0.1, 0.15) is 45.6 Å². The summed E-state index contributed by atoms with van der Waals surface area (Å²) in [7, 11) is -6.70. The Bertz CT molecular complexity index is 760. The maximum absolute atomic E-state index is 12.8. The third-order valence-electron chi connectivity index (χ3n) is 4.57. The van der Waals surface area contributed by atoms with Crippen LogP contribution in [0.25, 0.3) is 0 Å². The van der Waals surface area contributed by atoms with Gasteiger partial charge in [-0.1, -0.05) is 39.3 Å². The van der Waals surface area contributed by atoms with Crippen LogP contribution in [0.5, 0.6) is 0 Å². The van der Waals surface area contributed by atoms with Crippen molar-refractivity contribution in [3.05, 3.63) is 29.8 Å². The van der Waals surface area contributed by atoms with Crippen molar-refractivity contribution >= 4 is 19.9 Å². The monoisotopic (exact) mass is 387 g/mol. The lowest BCUT2D eigenvalue weighted by molar-refractivity contribution is 0.345. The van der Waals surface area contributed by atoms with Gasteiger partial charge in [0, 0.05) is 13.1 Å². The van der Waals surface area contributed by atoms with Crippen LogP contribution in [0.4, 0.5) is 0 Å². The molecule has 142 valence electrons. The first-order chi connectivity index (χ1) is 11.7. The molecule has 0 amide bonds. The van der Waals surface area contributed by atoms with Gasteiger partial charge in [0.2, 0.25) is 10.0 Å². The zero-order chi connectivity index (χ0) is 18.7. The Labute approximate surface area is 152 Å². The van der Waals surface area contributed by atoms with E-state index in [9.17, 15) is 16.8 Å². The highest BCUT2D eigenvalue weighted by Crippen LogP contribution is 2.25. The van der Waals surface area contributed by atoms with Crippen molar-refractivity contribution in [1.82, 2.24) is 4.31 Å². The fraction of sp³-hybridized carbons (Fsp3) is 0.667. The van der Waals surface area contributed by atoms with Crippen molar-refractivity contribution in [2.24, 2.45) is 5.92 Å². The molecule has 1 aromatic carbocycles. The number of sulfone groups is 1. The summed E-state index contributed by atoms with van der Waals surface area (Å²) in [5.41, 5.74) is 1.12. The van der Waals surface area contributed by atoms with Crippen LogP contribution in [-0.2, 0) is 26.3 Å². The molecule has 0 N–H and O–H groups in total. The van der Waals surface area contributed by atoms with E-state index in [1.54, 1.807) is 12.1 Å². The number of nitrogens with zero attached hydrogens (tertiary/aromatic N) is 1. The SMILES string of the molecule is CCCc1ccc(S(=O)(=O)N2CCC(S(=O)(=O)CC(C)C)CC2)cc1. The van der Waals surface area contributed by atoms with Gasteiger partial charge in [0.15, 0.2) is 9.84 Å². The minimum absolute atomic E-state index is 0.0911. The van der Waals surface area contributed by atoms with E-state index < -0.39 is 25.1 Å².